The number of aromatic nitrogens is 2. The van der Waals surface area contributed by atoms with Crippen LogP contribution < -0.4 is 9.47 Å². The van der Waals surface area contributed by atoms with Crippen LogP contribution in [-0.2, 0) is 11.2 Å². The molecule has 3 rings (SSSR count). The second-order valence-electron chi connectivity index (χ2n) is 5.74. The van der Waals surface area contributed by atoms with Crippen molar-refractivity contribution in [1.82, 2.24) is 14.9 Å². The molecule has 1 saturated heterocycles. The average molecular weight is 327 g/mol. The van der Waals surface area contributed by atoms with Gasteiger partial charge in [-0.1, -0.05) is 18.2 Å². The zero-order chi connectivity index (χ0) is 16.8. The van der Waals surface area contributed by atoms with Crippen molar-refractivity contribution in [2.75, 3.05) is 20.2 Å². The van der Waals surface area contributed by atoms with Crippen LogP contribution in [0.4, 0.5) is 0 Å². The zero-order valence-corrected chi connectivity index (χ0v) is 13.7. The molecular weight excluding hydrogens is 306 g/mol. The maximum atomic E-state index is 12.6. The molecule has 1 aromatic heterocycles. The number of nitrogens with zero attached hydrogens (tertiary/aromatic N) is 3. The fourth-order valence-electron chi connectivity index (χ4n) is 2.88. The van der Waals surface area contributed by atoms with E-state index in [0.717, 1.165) is 30.7 Å². The predicted octanol–water partition coefficient (Wildman–Crippen LogP) is 2.10. The van der Waals surface area contributed by atoms with Gasteiger partial charge in [0.1, 0.15) is 11.9 Å². The number of ether oxygens (including phenoxy) is 2. The van der Waals surface area contributed by atoms with Gasteiger partial charge in [-0.2, -0.15) is 0 Å². The van der Waals surface area contributed by atoms with Gasteiger partial charge in [0.15, 0.2) is 0 Å². The lowest BCUT2D eigenvalue weighted by molar-refractivity contribution is -0.133. The summed E-state index contributed by atoms with van der Waals surface area (Å²) in [5, 5.41) is 0. The molecule has 1 fully saturated rings. The van der Waals surface area contributed by atoms with Crippen LogP contribution in [0.2, 0.25) is 0 Å². The van der Waals surface area contributed by atoms with Crippen LogP contribution in [0.1, 0.15) is 18.4 Å². The molecule has 1 aromatic carbocycles. The van der Waals surface area contributed by atoms with E-state index in [2.05, 4.69) is 9.97 Å². The number of rotatable bonds is 5. The number of piperidine rings is 1. The lowest BCUT2D eigenvalue weighted by atomic mass is 10.1. The van der Waals surface area contributed by atoms with Gasteiger partial charge in [-0.05, 0) is 25.0 Å². The van der Waals surface area contributed by atoms with Crippen LogP contribution >= 0.6 is 0 Å². The smallest absolute Gasteiger partial charge is 0.316 e. The number of hydrogen-bond donors (Lipinski definition) is 0. The number of likely N-dealkylation sites (tertiary alicyclic amines) is 1. The molecule has 0 saturated carbocycles. The Labute approximate surface area is 141 Å². The minimum absolute atomic E-state index is 0.0669. The molecule has 6 nitrogen and oxygen atoms in total. The van der Waals surface area contributed by atoms with Crippen molar-refractivity contribution in [3.05, 3.63) is 48.3 Å². The van der Waals surface area contributed by atoms with Crippen molar-refractivity contribution in [3.63, 3.8) is 0 Å². The summed E-state index contributed by atoms with van der Waals surface area (Å²) in [5.41, 5.74) is 0.902. The summed E-state index contributed by atoms with van der Waals surface area (Å²) in [4.78, 5) is 22.6. The van der Waals surface area contributed by atoms with Crippen LogP contribution in [-0.4, -0.2) is 47.1 Å². The summed E-state index contributed by atoms with van der Waals surface area (Å²) in [7, 11) is 1.62. The first-order chi connectivity index (χ1) is 11.8. The zero-order valence-electron chi connectivity index (χ0n) is 13.7. The first kappa shape index (κ1) is 16.2. The van der Waals surface area contributed by atoms with Gasteiger partial charge in [-0.3, -0.25) is 4.79 Å². The van der Waals surface area contributed by atoms with Crippen LogP contribution in [0.5, 0.6) is 11.8 Å². The van der Waals surface area contributed by atoms with Gasteiger partial charge in [-0.15, -0.1) is 0 Å². The predicted molar refractivity (Wildman–Crippen MR) is 89.0 cm³/mol. The summed E-state index contributed by atoms with van der Waals surface area (Å²) in [6.45, 7) is 1.32. The third-order valence-electron chi connectivity index (χ3n) is 4.08. The van der Waals surface area contributed by atoms with Crippen LogP contribution in [0, 0.1) is 0 Å². The van der Waals surface area contributed by atoms with E-state index in [0.29, 0.717) is 19.0 Å². The number of amides is 1. The van der Waals surface area contributed by atoms with E-state index in [4.69, 9.17) is 9.47 Å². The molecule has 0 unspecified atom stereocenters. The van der Waals surface area contributed by atoms with Crippen molar-refractivity contribution in [2.24, 2.45) is 0 Å². The van der Waals surface area contributed by atoms with Crippen LogP contribution in [0.25, 0.3) is 0 Å². The largest absolute Gasteiger partial charge is 0.496 e. The van der Waals surface area contributed by atoms with Crippen molar-refractivity contribution in [2.45, 2.75) is 25.4 Å². The fourth-order valence-corrected chi connectivity index (χ4v) is 2.88. The molecule has 0 aliphatic carbocycles. The van der Waals surface area contributed by atoms with E-state index in [9.17, 15) is 4.79 Å². The van der Waals surface area contributed by atoms with E-state index in [1.807, 2.05) is 29.2 Å². The topological polar surface area (TPSA) is 64.5 Å². The monoisotopic (exact) mass is 327 g/mol. The quantitative estimate of drug-likeness (QED) is 0.841. The molecular formula is C18H21N3O3. The first-order valence-corrected chi connectivity index (χ1v) is 8.09. The highest BCUT2D eigenvalue weighted by atomic mass is 16.5. The average Bonchev–Trinajstić information content (AvgIpc) is 2.63. The summed E-state index contributed by atoms with van der Waals surface area (Å²) in [6.07, 6.45) is 5.37. The minimum atomic E-state index is -0.0669. The van der Waals surface area contributed by atoms with Crippen LogP contribution in [0.15, 0.2) is 42.7 Å². The number of carbonyl (C=O) groups excluding carboxylic acids is 1. The van der Waals surface area contributed by atoms with Crippen molar-refractivity contribution >= 4 is 5.91 Å². The third kappa shape index (κ3) is 4.01. The van der Waals surface area contributed by atoms with Gasteiger partial charge >= 0.3 is 6.01 Å². The van der Waals surface area contributed by atoms with Gasteiger partial charge in [-0.25, -0.2) is 9.97 Å². The van der Waals surface area contributed by atoms with E-state index >= 15 is 0 Å². The molecule has 126 valence electrons. The number of para-hydroxylation sites is 1. The fraction of sp³-hybridized carbons (Fsp3) is 0.389. The lowest BCUT2D eigenvalue weighted by Crippen LogP contribution is -2.45. The van der Waals surface area contributed by atoms with Gasteiger partial charge in [0.25, 0.3) is 0 Å². The summed E-state index contributed by atoms with van der Waals surface area (Å²) >= 11 is 0. The third-order valence-corrected chi connectivity index (χ3v) is 4.08. The molecule has 0 spiro atoms. The Morgan fingerprint density at radius 2 is 2.04 bits per heavy atom. The number of methoxy groups -OCH3 is 1. The van der Waals surface area contributed by atoms with E-state index in [-0.39, 0.29) is 12.0 Å². The highest BCUT2D eigenvalue weighted by Crippen LogP contribution is 2.20. The standard InChI is InChI=1S/C18H21N3O3/c1-23-16-8-3-2-6-14(16)12-17(22)21-11-4-7-15(13-21)24-18-19-9-5-10-20-18/h2-3,5-6,8-10,15H,4,7,11-13H2,1H3/t15-/m0/s1. The Morgan fingerprint density at radius 3 is 2.83 bits per heavy atom. The van der Waals surface area contributed by atoms with E-state index < -0.39 is 0 Å². The van der Waals surface area contributed by atoms with E-state index in [1.165, 1.54) is 0 Å². The van der Waals surface area contributed by atoms with Gasteiger partial charge < -0.3 is 14.4 Å². The number of carbonyl (C=O) groups is 1. The molecule has 6 heteroatoms. The highest BCUT2D eigenvalue weighted by molar-refractivity contribution is 5.79. The maximum absolute atomic E-state index is 12.6. The van der Waals surface area contributed by atoms with Gasteiger partial charge in [0, 0.05) is 24.5 Å². The maximum Gasteiger partial charge on any atom is 0.316 e. The second kappa shape index (κ2) is 7.77. The molecule has 2 heterocycles. The SMILES string of the molecule is COc1ccccc1CC(=O)N1CCC[C@H](Oc2ncccn2)C1. The molecule has 24 heavy (non-hydrogen) atoms. The van der Waals surface area contributed by atoms with Gasteiger partial charge in [0.2, 0.25) is 5.91 Å². The number of hydrogen-bond acceptors (Lipinski definition) is 5. The summed E-state index contributed by atoms with van der Waals surface area (Å²) in [6, 6.07) is 9.72. The van der Waals surface area contributed by atoms with E-state index in [1.54, 1.807) is 25.6 Å². The highest BCUT2D eigenvalue weighted by Gasteiger charge is 2.26. The van der Waals surface area contributed by atoms with Crippen LogP contribution in [0.3, 0.4) is 0 Å². The first-order valence-electron chi connectivity index (χ1n) is 8.09. The number of benzene rings is 1. The molecule has 0 N–H and O–H groups in total. The molecule has 0 bridgehead atoms. The second-order valence-corrected chi connectivity index (χ2v) is 5.74. The molecule has 1 atom stereocenters. The van der Waals surface area contributed by atoms with Crippen molar-refractivity contribution in [3.8, 4) is 11.8 Å². The lowest BCUT2D eigenvalue weighted by Gasteiger charge is -2.32. The van der Waals surface area contributed by atoms with Crippen molar-refractivity contribution in [1.29, 1.82) is 0 Å². The minimum Gasteiger partial charge on any atom is -0.496 e. The Hall–Kier alpha value is -2.63. The Morgan fingerprint density at radius 1 is 1.25 bits per heavy atom. The molecule has 1 aliphatic rings. The Bertz CT molecular complexity index is 678. The molecule has 2 aromatic rings. The van der Waals surface area contributed by atoms with Crippen molar-refractivity contribution < 1.29 is 14.3 Å². The molecule has 0 radical (unpaired) electrons. The Balaban J connectivity index is 1.60. The summed E-state index contributed by atoms with van der Waals surface area (Å²) in [5.74, 6) is 0.829. The molecule has 1 amide bonds. The summed E-state index contributed by atoms with van der Waals surface area (Å²) < 4.78 is 11.1. The van der Waals surface area contributed by atoms with Gasteiger partial charge in [0.05, 0.1) is 20.1 Å². The Kier molecular flexibility index (Phi) is 5.25. The molecule has 1 aliphatic heterocycles. The normalized spacial score (nSPS) is 17.4.